The van der Waals surface area contributed by atoms with Crippen molar-refractivity contribution in [3.05, 3.63) is 70.2 Å². The van der Waals surface area contributed by atoms with Gasteiger partial charge in [-0.2, -0.15) is 0 Å². The molecular weight excluding hydrogens is 665 g/mol. The Balaban J connectivity index is 1.22. The number of carbonyl (C=O) groups is 1. The zero-order chi connectivity index (χ0) is 34.7. The Morgan fingerprint density at radius 1 is 0.918 bits per heavy atom. The average molecular weight is 707 g/mol. The van der Waals surface area contributed by atoms with E-state index in [1.54, 1.807) is 26.6 Å². The number of halogens is 2. The zero-order valence-electron chi connectivity index (χ0n) is 28.1. The van der Waals surface area contributed by atoms with E-state index in [4.69, 9.17) is 47.6 Å². The predicted octanol–water partition coefficient (Wildman–Crippen LogP) is 5.55. The lowest BCUT2D eigenvalue weighted by atomic mass is 9.90. The predicted molar refractivity (Wildman–Crippen MR) is 190 cm³/mol. The first-order valence-electron chi connectivity index (χ1n) is 16.4. The second-order valence-corrected chi connectivity index (χ2v) is 13.8. The van der Waals surface area contributed by atoms with E-state index in [1.165, 1.54) is 0 Å². The van der Waals surface area contributed by atoms with Gasteiger partial charge < -0.3 is 25.2 Å². The number of aromatic nitrogens is 4. The molecule has 49 heavy (non-hydrogen) atoms. The lowest BCUT2D eigenvalue weighted by molar-refractivity contribution is -0.119. The molecule has 0 unspecified atom stereocenters. The van der Waals surface area contributed by atoms with Gasteiger partial charge in [0.15, 0.2) is 0 Å². The van der Waals surface area contributed by atoms with E-state index in [0.29, 0.717) is 76.1 Å². The summed E-state index contributed by atoms with van der Waals surface area (Å²) in [5.74, 6) is 1.11. The van der Waals surface area contributed by atoms with Crippen LogP contribution in [0.25, 0.3) is 33.6 Å². The van der Waals surface area contributed by atoms with Crippen LogP contribution in [-0.4, -0.2) is 81.3 Å². The van der Waals surface area contributed by atoms with Gasteiger partial charge in [-0.1, -0.05) is 59.6 Å². The summed E-state index contributed by atoms with van der Waals surface area (Å²) in [6, 6.07) is 11.5. The van der Waals surface area contributed by atoms with Gasteiger partial charge in [0.05, 0.1) is 53.6 Å². The highest BCUT2D eigenvalue weighted by Crippen LogP contribution is 2.42. The molecule has 2 saturated heterocycles. The molecule has 2 aromatic carbocycles. The van der Waals surface area contributed by atoms with Gasteiger partial charge in [-0.05, 0) is 33.2 Å². The highest BCUT2D eigenvalue weighted by molar-refractivity contribution is 6.39. The summed E-state index contributed by atoms with van der Waals surface area (Å²) < 4.78 is 11.3. The third-order valence-electron chi connectivity index (χ3n) is 9.26. The molecule has 2 atom stereocenters. The van der Waals surface area contributed by atoms with Crippen molar-refractivity contribution in [2.75, 3.05) is 33.9 Å². The maximum Gasteiger partial charge on any atom is 0.237 e. The molecule has 0 aliphatic carbocycles. The minimum Gasteiger partial charge on any atom is -0.480 e. The van der Waals surface area contributed by atoms with Crippen LogP contribution in [0.2, 0.25) is 10.0 Å². The van der Waals surface area contributed by atoms with Gasteiger partial charge in [0.2, 0.25) is 17.7 Å². The van der Waals surface area contributed by atoms with Gasteiger partial charge in [-0.25, -0.2) is 9.97 Å². The summed E-state index contributed by atoms with van der Waals surface area (Å²) >= 11 is 14.1. The lowest BCUT2D eigenvalue weighted by Crippen LogP contribution is -2.35. The first-order chi connectivity index (χ1) is 23.5. The summed E-state index contributed by atoms with van der Waals surface area (Å²) in [5.41, 5.74) is 4.61. The molecule has 3 N–H and O–H groups in total. The van der Waals surface area contributed by atoms with Crippen molar-refractivity contribution in [1.82, 2.24) is 35.5 Å². The molecule has 4 aromatic rings. The molecule has 4 heterocycles. The van der Waals surface area contributed by atoms with Crippen molar-refractivity contribution in [3.63, 3.8) is 0 Å². The molecular formula is C36H41Cl2N7O4. The number of nitrogens with zero attached hydrogens (tertiary/aromatic N) is 5. The Bertz CT molecular complexity index is 1830. The summed E-state index contributed by atoms with van der Waals surface area (Å²) in [6.07, 6.45) is 5.69. The van der Waals surface area contributed by atoms with Crippen molar-refractivity contribution in [3.8, 4) is 45.4 Å². The standard InChI is InChI=1S/C36H41Cl2N7O4/c1-36(2,47)21-13-14-45(19-21)20-30-35(49-4)44-28(18-41-30)26-10-6-8-24(33(26)38)23-7-5-9-25(32(23)37)27-17-40-29(34(43-27)48-3)16-39-15-22-11-12-31(46)42-22/h5-10,17-18,21-22,39,47H,11-16,19-20H2,1-4H3,(H,42,46)/t21-,22-/m0/s1. The monoisotopic (exact) mass is 705 g/mol. The van der Waals surface area contributed by atoms with Gasteiger partial charge >= 0.3 is 0 Å². The molecule has 2 aliphatic rings. The lowest BCUT2D eigenvalue weighted by Gasteiger charge is -2.25. The Morgan fingerprint density at radius 2 is 1.49 bits per heavy atom. The fraction of sp³-hybridized carbons (Fsp3) is 0.417. The van der Waals surface area contributed by atoms with Crippen LogP contribution in [0.5, 0.6) is 11.8 Å². The normalized spacial score (nSPS) is 18.1. The van der Waals surface area contributed by atoms with Crippen LogP contribution in [0.4, 0.5) is 0 Å². The molecule has 0 spiro atoms. The van der Waals surface area contributed by atoms with E-state index in [9.17, 15) is 9.90 Å². The average Bonchev–Trinajstić information content (AvgIpc) is 3.74. The molecule has 1 amide bonds. The van der Waals surface area contributed by atoms with Crippen molar-refractivity contribution >= 4 is 29.1 Å². The van der Waals surface area contributed by atoms with Crippen LogP contribution in [-0.2, 0) is 17.9 Å². The van der Waals surface area contributed by atoms with Crippen molar-refractivity contribution in [2.45, 2.75) is 57.8 Å². The second-order valence-electron chi connectivity index (χ2n) is 13.1. The molecule has 2 aliphatic heterocycles. The number of aliphatic hydroxyl groups is 1. The van der Waals surface area contributed by atoms with E-state index in [2.05, 4.69) is 20.5 Å². The molecule has 0 saturated carbocycles. The summed E-state index contributed by atoms with van der Waals surface area (Å²) in [5, 5.41) is 17.7. The number of hydrogen-bond donors (Lipinski definition) is 3. The van der Waals surface area contributed by atoms with E-state index < -0.39 is 5.60 Å². The van der Waals surface area contributed by atoms with Crippen molar-refractivity contribution in [2.24, 2.45) is 5.92 Å². The zero-order valence-corrected chi connectivity index (χ0v) is 29.6. The van der Waals surface area contributed by atoms with Gasteiger partial charge in [0.1, 0.15) is 11.4 Å². The molecule has 2 aromatic heterocycles. The van der Waals surface area contributed by atoms with Crippen LogP contribution in [0, 0.1) is 5.92 Å². The van der Waals surface area contributed by atoms with Crippen LogP contribution >= 0.6 is 23.2 Å². The van der Waals surface area contributed by atoms with Crippen LogP contribution < -0.4 is 20.1 Å². The fourth-order valence-electron chi connectivity index (χ4n) is 6.45. The van der Waals surface area contributed by atoms with Crippen molar-refractivity contribution in [1.29, 1.82) is 0 Å². The fourth-order valence-corrected chi connectivity index (χ4v) is 7.10. The van der Waals surface area contributed by atoms with Crippen molar-refractivity contribution < 1.29 is 19.4 Å². The summed E-state index contributed by atoms with van der Waals surface area (Å²) in [4.78, 5) is 32.6. The minimum atomic E-state index is -0.724. The number of likely N-dealkylation sites (tertiary alicyclic amines) is 1. The number of methoxy groups -OCH3 is 2. The highest BCUT2D eigenvalue weighted by Gasteiger charge is 2.34. The van der Waals surface area contributed by atoms with E-state index >= 15 is 0 Å². The number of benzene rings is 2. The molecule has 2 fully saturated rings. The topological polar surface area (TPSA) is 135 Å². The van der Waals surface area contributed by atoms with E-state index in [1.807, 2.05) is 50.2 Å². The Labute approximate surface area is 296 Å². The smallest absolute Gasteiger partial charge is 0.237 e. The van der Waals surface area contributed by atoms with Crippen LogP contribution in [0.3, 0.4) is 0 Å². The van der Waals surface area contributed by atoms with Crippen LogP contribution in [0.15, 0.2) is 48.8 Å². The van der Waals surface area contributed by atoms with Gasteiger partial charge in [0.25, 0.3) is 0 Å². The minimum absolute atomic E-state index is 0.0829. The quantitative estimate of drug-likeness (QED) is 0.172. The van der Waals surface area contributed by atoms with Gasteiger partial charge in [0, 0.05) is 66.8 Å². The second kappa shape index (κ2) is 14.9. The summed E-state index contributed by atoms with van der Waals surface area (Å²) in [7, 11) is 3.14. The Hall–Kier alpha value is -3.87. The van der Waals surface area contributed by atoms with Crippen LogP contribution in [0.1, 0.15) is 44.5 Å². The molecule has 258 valence electrons. The van der Waals surface area contributed by atoms with Gasteiger partial charge in [-0.15, -0.1) is 0 Å². The SMILES string of the molecule is COc1nc(-c2cccc(-c3cccc(-c4cnc(CN5CC[C@H](C(C)(C)O)C5)c(OC)n4)c3Cl)c2Cl)cnc1CNC[C@@H]1CCC(=O)N1. The first-order valence-corrected chi connectivity index (χ1v) is 17.1. The molecule has 13 heteroatoms. The maximum atomic E-state index is 11.5. The van der Waals surface area contributed by atoms with E-state index in [-0.39, 0.29) is 17.9 Å². The largest absolute Gasteiger partial charge is 0.480 e. The Morgan fingerprint density at radius 3 is 2.02 bits per heavy atom. The number of rotatable bonds is 12. The number of ether oxygens (including phenoxy) is 2. The molecule has 0 bridgehead atoms. The molecule has 0 radical (unpaired) electrons. The molecule has 6 rings (SSSR count). The number of hydrogen-bond acceptors (Lipinski definition) is 10. The first kappa shape index (κ1) is 35.0. The number of carbonyl (C=O) groups excluding carboxylic acids is 1. The highest BCUT2D eigenvalue weighted by atomic mass is 35.5. The van der Waals surface area contributed by atoms with E-state index in [0.717, 1.165) is 42.8 Å². The molecule has 11 nitrogen and oxygen atoms in total. The third-order valence-corrected chi connectivity index (χ3v) is 10.1. The summed E-state index contributed by atoms with van der Waals surface area (Å²) in [6.45, 7) is 7.03. The number of nitrogens with one attached hydrogen (secondary N) is 2. The maximum absolute atomic E-state index is 11.5. The Kier molecular flexibility index (Phi) is 10.7. The third kappa shape index (κ3) is 7.81. The van der Waals surface area contributed by atoms with Gasteiger partial charge in [-0.3, -0.25) is 19.7 Å². The number of amides is 1.